The van der Waals surface area contributed by atoms with E-state index < -0.39 is 18.0 Å². The van der Waals surface area contributed by atoms with Gasteiger partial charge in [-0.15, -0.1) is 0 Å². The van der Waals surface area contributed by atoms with Crippen LogP contribution in [0.5, 0.6) is 0 Å². The van der Waals surface area contributed by atoms with E-state index in [4.69, 9.17) is 5.14 Å². The van der Waals surface area contributed by atoms with Gasteiger partial charge in [-0.2, -0.15) is 11.8 Å². The maximum absolute atomic E-state index is 12.0. The highest BCUT2D eigenvalue weighted by Gasteiger charge is 2.56. The molecule has 112 valence electrons. The van der Waals surface area contributed by atoms with E-state index in [1.807, 2.05) is 0 Å². The van der Waals surface area contributed by atoms with Crippen LogP contribution < -0.4 is 5.14 Å². The van der Waals surface area contributed by atoms with Gasteiger partial charge in [-0.3, -0.25) is 9.93 Å². The van der Waals surface area contributed by atoms with E-state index in [0.717, 1.165) is 17.1 Å². The minimum Gasteiger partial charge on any atom is -0.477 e. The van der Waals surface area contributed by atoms with E-state index in [-0.39, 0.29) is 17.6 Å². The normalized spacial score (nSPS) is 26.6. The van der Waals surface area contributed by atoms with E-state index in [0.29, 0.717) is 12.2 Å². The van der Waals surface area contributed by atoms with Crippen LogP contribution in [0, 0.1) is 5.92 Å². The van der Waals surface area contributed by atoms with E-state index in [2.05, 4.69) is 0 Å². The zero-order valence-electron chi connectivity index (χ0n) is 11.1. The quantitative estimate of drug-likeness (QED) is 0.352. The number of fused-ring (bicyclic) bond motifs is 1. The third kappa shape index (κ3) is 2.69. The number of carboxylic acid groups (broad SMARTS) is 1. The third-order valence-corrected chi connectivity index (χ3v) is 5.39. The first-order valence-electron chi connectivity index (χ1n) is 6.35. The molecule has 6 nitrogen and oxygen atoms in total. The van der Waals surface area contributed by atoms with Gasteiger partial charge in [0.2, 0.25) is 5.91 Å². The fraction of sp³-hybridized carbons (Fsp3) is 0.667. The number of hydrogen-bond acceptors (Lipinski definition) is 6. The van der Waals surface area contributed by atoms with E-state index >= 15 is 0 Å². The van der Waals surface area contributed by atoms with E-state index in [9.17, 15) is 19.8 Å². The number of aliphatic carboxylic acids is 1. The molecule has 0 saturated carbocycles. The predicted octanol–water partition coefficient (Wildman–Crippen LogP) is 0.277. The maximum atomic E-state index is 12.0. The van der Waals surface area contributed by atoms with Crippen molar-refractivity contribution >= 4 is 35.6 Å². The number of β-lactam (4-membered cyclic amide) rings is 1. The van der Waals surface area contributed by atoms with Crippen LogP contribution in [-0.4, -0.2) is 56.4 Å². The summed E-state index contributed by atoms with van der Waals surface area (Å²) in [6.07, 6.45) is -0.189. The number of carboxylic acids is 1. The Morgan fingerprint density at radius 1 is 1.55 bits per heavy atom. The Hall–Kier alpha value is -0.700. The van der Waals surface area contributed by atoms with Crippen molar-refractivity contribution in [1.29, 1.82) is 0 Å². The molecule has 0 spiro atoms. The summed E-state index contributed by atoms with van der Waals surface area (Å²) in [7, 11) is 0. The van der Waals surface area contributed by atoms with Gasteiger partial charge in [0.25, 0.3) is 0 Å². The van der Waals surface area contributed by atoms with Gasteiger partial charge in [-0.1, -0.05) is 11.9 Å². The molecule has 20 heavy (non-hydrogen) atoms. The number of aliphatic hydroxyl groups is 1. The van der Waals surface area contributed by atoms with Crippen molar-refractivity contribution in [2.24, 2.45) is 11.1 Å². The Morgan fingerprint density at radius 2 is 2.25 bits per heavy atom. The molecule has 1 saturated heterocycles. The molecule has 4 N–H and O–H groups in total. The monoisotopic (exact) mass is 318 g/mol. The number of rotatable bonds is 7. The molecule has 0 aromatic rings. The molecule has 0 aromatic heterocycles. The number of amides is 1. The van der Waals surface area contributed by atoms with Crippen LogP contribution in [0.4, 0.5) is 0 Å². The molecule has 2 aliphatic heterocycles. The standard InChI is InChI=1S/C12H18N2O4S2/c1-6(15)9-8-4-7(5-19-2-3-20-13)10(12(17)18)14(8)11(9)16/h6,8-9,15H,2-5,13H2,1H3,(H,17,18). The summed E-state index contributed by atoms with van der Waals surface area (Å²) in [5.74, 6) is 0.438. The van der Waals surface area contributed by atoms with Crippen molar-refractivity contribution in [2.45, 2.75) is 25.5 Å². The smallest absolute Gasteiger partial charge is 0.352 e. The highest BCUT2D eigenvalue weighted by Crippen LogP contribution is 2.44. The maximum Gasteiger partial charge on any atom is 0.352 e. The molecule has 1 amide bonds. The Balaban J connectivity index is 2.07. The second-order valence-electron chi connectivity index (χ2n) is 4.93. The number of nitrogens with zero attached hydrogens (tertiary/aromatic N) is 1. The lowest BCUT2D eigenvalue weighted by Crippen LogP contribution is -2.61. The first-order chi connectivity index (χ1) is 9.49. The van der Waals surface area contributed by atoms with Crippen molar-refractivity contribution < 1.29 is 19.8 Å². The first-order valence-corrected chi connectivity index (χ1v) is 8.55. The lowest BCUT2D eigenvalue weighted by atomic mass is 9.83. The van der Waals surface area contributed by atoms with Crippen molar-refractivity contribution in [3.63, 3.8) is 0 Å². The van der Waals surface area contributed by atoms with Gasteiger partial charge < -0.3 is 15.1 Å². The molecule has 1 fully saturated rings. The van der Waals surface area contributed by atoms with Gasteiger partial charge in [0.1, 0.15) is 5.70 Å². The molecule has 2 aliphatic rings. The molecular weight excluding hydrogens is 300 g/mol. The first kappa shape index (κ1) is 15.7. The summed E-state index contributed by atoms with van der Waals surface area (Å²) in [4.78, 5) is 24.7. The number of nitrogens with two attached hydrogens (primary N) is 1. The minimum absolute atomic E-state index is 0.116. The molecule has 2 heterocycles. The van der Waals surface area contributed by atoms with Gasteiger partial charge in [-0.25, -0.2) is 4.79 Å². The van der Waals surface area contributed by atoms with E-state index in [1.165, 1.54) is 16.8 Å². The van der Waals surface area contributed by atoms with Crippen LogP contribution in [0.1, 0.15) is 13.3 Å². The molecule has 0 bridgehead atoms. The van der Waals surface area contributed by atoms with E-state index in [1.54, 1.807) is 18.7 Å². The van der Waals surface area contributed by atoms with Crippen LogP contribution in [0.3, 0.4) is 0 Å². The number of carbonyl (C=O) groups is 2. The summed E-state index contributed by atoms with van der Waals surface area (Å²) in [6.45, 7) is 1.57. The van der Waals surface area contributed by atoms with Gasteiger partial charge in [0.05, 0.1) is 18.1 Å². The Kier molecular flexibility index (Phi) is 5.00. The predicted molar refractivity (Wildman–Crippen MR) is 79.1 cm³/mol. The second-order valence-corrected chi connectivity index (χ2v) is 6.77. The topological polar surface area (TPSA) is 104 Å². The summed E-state index contributed by atoms with van der Waals surface area (Å²) in [6, 6.07) is -0.187. The average Bonchev–Trinajstić information content (AvgIpc) is 2.69. The van der Waals surface area contributed by atoms with Gasteiger partial charge in [0.15, 0.2) is 0 Å². The molecule has 0 aromatic carbocycles. The zero-order valence-corrected chi connectivity index (χ0v) is 12.7. The Morgan fingerprint density at radius 3 is 2.80 bits per heavy atom. The summed E-state index contributed by atoms with van der Waals surface area (Å²) >= 11 is 2.87. The van der Waals surface area contributed by atoms with Gasteiger partial charge in [-0.05, 0) is 18.9 Å². The molecule has 8 heteroatoms. The van der Waals surface area contributed by atoms with Crippen molar-refractivity contribution in [3.05, 3.63) is 11.3 Å². The number of aliphatic hydroxyl groups excluding tert-OH is 1. The second kappa shape index (κ2) is 6.38. The van der Waals surface area contributed by atoms with Gasteiger partial charge >= 0.3 is 5.97 Å². The Labute approximate surface area is 125 Å². The summed E-state index contributed by atoms with van der Waals surface area (Å²) in [5.41, 5.74) is 0.899. The van der Waals surface area contributed by atoms with Gasteiger partial charge in [0, 0.05) is 17.3 Å². The largest absolute Gasteiger partial charge is 0.477 e. The number of carbonyl (C=O) groups excluding carboxylic acids is 1. The third-order valence-electron chi connectivity index (χ3n) is 3.64. The van der Waals surface area contributed by atoms with Crippen LogP contribution in [-0.2, 0) is 9.59 Å². The fourth-order valence-electron chi connectivity index (χ4n) is 2.79. The lowest BCUT2D eigenvalue weighted by molar-refractivity contribution is -0.161. The Bertz CT molecular complexity index is 453. The minimum atomic E-state index is -1.06. The number of thioether (sulfide) groups is 1. The molecule has 3 atom stereocenters. The number of hydrogen-bond donors (Lipinski definition) is 3. The molecular formula is C12H18N2O4S2. The van der Waals surface area contributed by atoms with Crippen molar-refractivity contribution in [2.75, 3.05) is 17.3 Å². The lowest BCUT2D eigenvalue weighted by Gasteiger charge is -2.44. The van der Waals surface area contributed by atoms with Crippen LogP contribution >= 0.6 is 23.7 Å². The fourth-order valence-corrected chi connectivity index (χ4v) is 4.29. The molecule has 3 unspecified atom stereocenters. The highest BCUT2D eigenvalue weighted by atomic mass is 32.2. The van der Waals surface area contributed by atoms with Crippen molar-refractivity contribution in [3.8, 4) is 0 Å². The average molecular weight is 318 g/mol. The van der Waals surface area contributed by atoms with Crippen molar-refractivity contribution in [1.82, 2.24) is 4.90 Å². The SMILES string of the molecule is CC(O)C1C(=O)N2C(C(=O)O)=C(CSCCSN)CC12. The molecule has 0 aliphatic carbocycles. The van der Waals surface area contributed by atoms with Crippen LogP contribution in [0.15, 0.2) is 11.3 Å². The zero-order chi connectivity index (χ0) is 14.9. The molecule has 0 radical (unpaired) electrons. The molecule has 2 rings (SSSR count). The van der Waals surface area contributed by atoms with Crippen LogP contribution in [0.2, 0.25) is 0 Å². The highest BCUT2D eigenvalue weighted by molar-refractivity contribution is 8.02. The summed E-state index contributed by atoms with van der Waals surface area (Å²) in [5, 5.41) is 24.3. The summed E-state index contributed by atoms with van der Waals surface area (Å²) < 4.78 is 0. The van der Waals surface area contributed by atoms with Crippen LogP contribution in [0.25, 0.3) is 0 Å².